The molecule has 0 bridgehead atoms. The van der Waals surface area contributed by atoms with Gasteiger partial charge in [0.2, 0.25) is 5.91 Å². The summed E-state index contributed by atoms with van der Waals surface area (Å²) in [7, 11) is 1.22. The van der Waals surface area contributed by atoms with Crippen LogP contribution in [0.15, 0.2) is 24.3 Å². The Labute approximate surface area is 159 Å². The molecule has 1 aliphatic heterocycles. The molecule has 7 nitrogen and oxygen atoms in total. The van der Waals surface area contributed by atoms with Crippen molar-refractivity contribution in [2.45, 2.75) is 51.5 Å². The zero-order valence-corrected chi connectivity index (χ0v) is 15.9. The van der Waals surface area contributed by atoms with Crippen LogP contribution in [-0.2, 0) is 20.7 Å². The minimum absolute atomic E-state index is 0.404. The topological polar surface area (TPSA) is 95.9 Å². The Balaban J connectivity index is 2.28. The highest BCUT2D eigenvalue weighted by atomic mass is 16.5. The third-order valence-electron chi connectivity index (χ3n) is 4.92. The van der Waals surface area contributed by atoms with Crippen molar-refractivity contribution in [3.8, 4) is 0 Å². The van der Waals surface area contributed by atoms with Crippen LogP contribution in [0, 0.1) is 5.92 Å². The molecule has 0 aromatic heterocycles. The van der Waals surface area contributed by atoms with E-state index in [4.69, 9.17) is 0 Å². The van der Waals surface area contributed by atoms with E-state index >= 15 is 0 Å². The number of hydrogen-bond acceptors (Lipinski definition) is 4. The van der Waals surface area contributed by atoms with Crippen molar-refractivity contribution in [3.63, 3.8) is 0 Å². The number of carboxylic acid groups (broad SMARTS) is 1. The SMILES string of the molecule is CCCCC[C@H](NC(=O)OC)C(C(=O)O)C(=O)N1CCCc2ccccc21. The van der Waals surface area contributed by atoms with Gasteiger partial charge in [-0.3, -0.25) is 9.59 Å². The van der Waals surface area contributed by atoms with E-state index in [1.165, 1.54) is 7.11 Å². The lowest BCUT2D eigenvalue weighted by Crippen LogP contribution is -2.52. The minimum Gasteiger partial charge on any atom is -0.481 e. The van der Waals surface area contributed by atoms with E-state index in [9.17, 15) is 19.5 Å². The molecule has 1 aromatic rings. The zero-order chi connectivity index (χ0) is 19.8. The number of alkyl carbamates (subject to hydrolysis) is 1. The molecule has 2 amide bonds. The number of rotatable bonds is 8. The summed E-state index contributed by atoms with van der Waals surface area (Å²) in [6.07, 6.45) is 3.88. The number of aliphatic carboxylic acids is 1. The van der Waals surface area contributed by atoms with Gasteiger partial charge in [-0.25, -0.2) is 4.79 Å². The summed E-state index contributed by atoms with van der Waals surface area (Å²) in [5.74, 6) is -3.08. The number of carbonyl (C=O) groups is 3. The molecule has 0 fully saturated rings. The molecule has 1 aliphatic rings. The van der Waals surface area contributed by atoms with Crippen LogP contribution < -0.4 is 10.2 Å². The molecule has 0 saturated heterocycles. The second-order valence-electron chi connectivity index (χ2n) is 6.78. The Morgan fingerprint density at radius 1 is 1.26 bits per heavy atom. The molecule has 1 heterocycles. The first-order valence-electron chi connectivity index (χ1n) is 9.46. The van der Waals surface area contributed by atoms with Crippen LogP contribution in [0.25, 0.3) is 0 Å². The average molecular weight is 376 g/mol. The highest BCUT2D eigenvalue weighted by Crippen LogP contribution is 2.29. The molecule has 2 atom stereocenters. The fourth-order valence-corrected chi connectivity index (χ4v) is 3.53. The van der Waals surface area contributed by atoms with E-state index in [2.05, 4.69) is 10.1 Å². The number of para-hydroxylation sites is 1. The van der Waals surface area contributed by atoms with Crippen LogP contribution in [0.5, 0.6) is 0 Å². The molecular weight excluding hydrogens is 348 g/mol. The Morgan fingerprint density at radius 3 is 2.67 bits per heavy atom. The van der Waals surface area contributed by atoms with Crippen molar-refractivity contribution >= 4 is 23.7 Å². The molecular formula is C20H28N2O5. The number of carbonyl (C=O) groups excluding carboxylic acids is 2. The van der Waals surface area contributed by atoms with Crippen molar-refractivity contribution in [1.29, 1.82) is 0 Å². The van der Waals surface area contributed by atoms with E-state index in [1.54, 1.807) is 4.90 Å². The molecule has 0 spiro atoms. The number of hydrogen-bond donors (Lipinski definition) is 2. The molecule has 148 valence electrons. The first-order valence-corrected chi connectivity index (χ1v) is 9.46. The number of nitrogens with one attached hydrogen (secondary N) is 1. The summed E-state index contributed by atoms with van der Waals surface area (Å²) in [5, 5.41) is 12.4. The smallest absolute Gasteiger partial charge is 0.407 e. The Kier molecular flexibility index (Phi) is 7.64. The number of amides is 2. The van der Waals surface area contributed by atoms with Crippen molar-refractivity contribution in [2.24, 2.45) is 5.92 Å². The summed E-state index contributed by atoms with van der Waals surface area (Å²) in [5.41, 5.74) is 1.79. The quantitative estimate of drug-likeness (QED) is 0.537. The zero-order valence-electron chi connectivity index (χ0n) is 15.9. The molecule has 27 heavy (non-hydrogen) atoms. The second kappa shape index (κ2) is 9.94. The normalized spacial score (nSPS) is 15.4. The number of methoxy groups -OCH3 is 1. The number of carboxylic acids is 1. The summed E-state index contributed by atoms with van der Waals surface area (Å²) in [6.45, 7) is 2.51. The van der Waals surface area contributed by atoms with Crippen molar-refractivity contribution in [2.75, 3.05) is 18.6 Å². The van der Waals surface area contributed by atoms with Crippen LogP contribution in [0.2, 0.25) is 0 Å². The van der Waals surface area contributed by atoms with Crippen LogP contribution in [0.3, 0.4) is 0 Å². The molecule has 0 aliphatic carbocycles. The third-order valence-corrected chi connectivity index (χ3v) is 4.92. The van der Waals surface area contributed by atoms with Gasteiger partial charge in [-0.15, -0.1) is 0 Å². The Morgan fingerprint density at radius 2 is 2.00 bits per heavy atom. The molecule has 0 saturated carbocycles. The van der Waals surface area contributed by atoms with E-state index < -0.39 is 29.9 Å². The van der Waals surface area contributed by atoms with Gasteiger partial charge in [-0.1, -0.05) is 44.4 Å². The number of fused-ring (bicyclic) bond motifs is 1. The highest BCUT2D eigenvalue weighted by molar-refractivity contribution is 6.07. The number of benzene rings is 1. The molecule has 1 aromatic carbocycles. The summed E-state index contributed by atoms with van der Waals surface area (Å²) < 4.78 is 4.63. The van der Waals surface area contributed by atoms with Gasteiger partial charge in [0, 0.05) is 12.2 Å². The number of anilines is 1. The number of nitrogens with zero attached hydrogens (tertiary/aromatic N) is 1. The van der Waals surface area contributed by atoms with Crippen molar-refractivity contribution in [1.82, 2.24) is 5.32 Å². The second-order valence-corrected chi connectivity index (χ2v) is 6.78. The van der Waals surface area contributed by atoms with E-state index in [1.807, 2.05) is 31.2 Å². The first kappa shape index (κ1) is 20.7. The molecule has 7 heteroatoms. The fraction of sp³-hybridized carbons (Fsp3) is 0.550. The van der Waals surface area contributed by atoms with Crippen molar-refractivity contribution < 1.29 is 24.2 Å². The maximum atomic E-state index is 13.2. The molecule has 2 rings (SSSR count). The predicted octanol–water partition coefficient (Wildman–Crippen LogP) is 2.97. The van der Waals surface area contributed by atoms with Gasteiger partial charge in [-0.05, 0) is 30.9 Å². The number of unbranched alkanes of at least 4 members (excludes halogenated alkanes) is 2. The van der Waals surface area contributed by atoms with Gasteiger partial charge in [0.15, 0.2) is 5.92 Å². The van der Waals surface area contributed by atoms with Crippen LogP contribution in [-0.4, -0.2) is 42.8 Å². The van der Waals surface area contributed by atoms with Gasteiger partial charge in [-0.2, -0.15) is 0 Å². The summed E-state index contributed by atoms with van der Waals surface area (Å²) in [4.78, 5) is 38.5. The van der Waals surface area contributed by atoms with Crippen LogP contribution in [0.1, 0.15) is 44.6 Å². The fourth-order valence-electron chi connectivity index (χ4n) is 3.53. The van der Waals surface area contributed by atoms with Gasteiger partial charge >= 0.3 is 12.1 Å². The van der Waals surface area contributed by atoms with Gasteiger partial charge in [0.1, 0.15) is 0 Å². The predicted molar refractivity (Wildman–Crippen MR) is 102 cm³/mol. The Bertz CT molecular complexity index is 676. The van der Waals surface area contributed by atoms with Crippen molar-refractivity contribution in [3.05, 3.63) is 29.8 Å². The maximum Gasteiger partial charge on any atom is 0.407 e. The van der Waals surface area contributed by atoms with Crippen LogP contribution in [0.4, 0.5) is 10.5 Å². The first-order chi connectivity index (χ1) is 13.0. The van der Waals surface area contributed by atoms with Gasteiger partial charge < -0.3 is 20.1 Å². The average Bonchev–Trinajstić information content (AvgIpc) is 2.67. The molecule has 2 N–H and O–H groups in total. The standard InChI is InChI=1S/C20H28N2O5/c1-3-4-5-11-15(21-20(26)27-2)17(19(24)25)18(23)22-13-8-10-14-9-6-7-12-16(14)22/h6-7,9,12,15,17H,3-5,8,10-11,13H2,1-2H3,(H,21,26)(H,24,25)/t15-,17?/m0/s1. The minimum atomic E-state index is -1.35. The summed E-state index contributed by atoms with van der Waals surface area (Å²) >= 11 is 0. The Hall–Kier alpha value is -2.57. The lowest BCUT2D eigenvalue weighted by molar-refractivity contribution is -0.147. The molecule has 0 radical (unpaired) electrons. The van der Waals surface area contributed by atoms with E-state index in [0.717, 1.165) is 43.4 Å². The third kappa shape index (κ3) is 5.21. The van der Waals surface area contributed by atoms with Gasteiger partial charge in [0.05, 0.1) is 13.2 Å². The molecule has 1 unspecified atom stereocenters. The summed E-state index contributed by atoms with van der Waals surface area (Å²) in [6, 6.07) is 6.73. The lowest BCUT2D eigenvalue weighted by atomic mass is 9.91. The maximum absolute atomic E-state index is 13.2. The number of ether oxygens (including phenoxy) is 1. The van der Waals surface area contributed by atoms with Gasteiger partial charge in [0.25, 0.3) is 0 Å². The monoisotopic (exact) mass is 376 g/mol. The number of aryl methyl sites for hydroxylation is 1. The highest BCUT2D eigenvalue weighted by Gasteiger charge is 2.39. The largest absolute Gasteiger partial charge is 0.481 e. The lowest BCUT2D eigenvalue weighted by Gasteiger charge is -2.33. The van der Waals surface area contributed by atoms with Crippen LogP contribution >= 0.6 is 0 Å². The van der Waals surface area contributed by atoms with E-state index in [0.29, 0.717) is 13.0 Å². The van der Waals surface area contributed by atoms with E-state index in [-0.39, 0.29) is 0 Å².